The van der Waals surface area contributed by atoms with E-state index in [2.05, 4.69) is 89.2 Å². The molecule has 0 bridgehead atoms. The maximum atomic E-state index is 14.6. The summed E-state index contributed by atoms with van der Waals surface area (Å²) in [7, 11) is 0. The number of aromatic nitrogens is 4. The van der Waals surface area contributed by atoms with Gasteiger partial charge in [-0.3, -0.25) is 0 Å². The monoisotopic (exact) mass is 540 g/mol. The fourth-order valence-corrected chi connectivity index (χ4v) is 4.07. The number of aromatic amines is 2. The van der Waals surface area contributed by atoms with E-state index in [1.165, 1.54) is 12.5 Å². The zero-order valence-corrected chi connectivity index (χ0v) is 22.9. The Morgan fingerprint density at radius 1 is 1.05 bits per heavy atom. The molecule has 0 spiro atoms. The second-order valence-electron chi connectivity index (χ2n) is 9.83. The second-order valence-corrected chi connectivity index (χ2v) is 9.83. The van der Waals surface area contributed by atoms with Crippen molar-refractivity contribution in [3.63, 3.8) is 0 Å². The van der Waals surface area contributed by atoms with E-state index in [1.54, 1.807) is 0 Å². The molecule has 0 radical (unpaired) electrons. The summed E-state index contributed by atoms with van der Waals surface area (Å²) in [6.07, 6.45) is 11.0. The van der Waals surface area contributed by atoms with Gasteiger partial charge in [-0.2, -0.15) is 0 Å². The van der Waals surface area contributed by atoms with Crippen LogP contribution in [0.2, 0.25) is 0 Å². The van der Waals surface area contributed by atoms with Crippen molar-refractivity contribution >= 4 is 11.0 Å². The first kappa shape index (κ1) is 32.0. The summed E-state index contributed by atoms with van der Waals surface area (Å²) < 4.78 is 14.6. The molecule has 0 amide bonds. The van der Waals surface area contributed by atoms with Gasteiger partial charge in [-0.1, -0.05) is 52.2 Å². The highest BCUT2D eigenvalue weighted by molar-refractivity contribution is 5.78. The molecule has 1 aliphatic rings. The number of fused-ring (bicyclic) bond motifs is 1. The Hall–Kier alpha value is -4.17. The van der Waals surface area contributed by atoms with Crippen LogP contribution in [0.25, 0.3) is 22.3 Å². The van der Waals surface area contributed by atoms with Crippen molar-refractivity contribution in [2.24, 2.45) is 11.8 Å². The number of nitrogens with one attached hydrogen (secondary N) is 4. The van der Waals surface area contributed by atoms with Gasteiger partial charge in [0.25, 0.3) is 0 Å². The Labute approximate surface area is 238 Å². The maximum absolute atomic E-state index is 14.6. The van der Waals surface area contributed by atoms with Crippen LogP contribution in [0.5, 0.6) is 0 Å². The standard InChI is InChI=1S/C28H31FN6.C2H4.C2H2.CH4/c1-17(2)13-30-15-26-32-14-25(34-26)21-8-6-19(7-9-21)4-5-20-11-22(29)28-24(12-20)33-27(35-28)16-31-23-10-18(23)3;2*1-2;/h6-9,11-12,14,17-18,23,30-31H,10,13,15-16H2,1-3H3,(H,32,34)(H,33,35);1-2H2;1-2H;1H4. The van der Waals surface area contributed by atoms with E-state index in [0.29, 0.717) is 41.0 Å². The number of benzene rings is 2. The number of terminal acetylenes is 1. The Morgan fingerprint density at radius 3 is 2.38 bits per heavy atom. The molecule has 1 saturated carbocycles. The van der Waals surface area contributed by atoms with Crippen LogP contribution in [-0.4, -0.2) is 32.5 Å². The molecule has 1 aliphatic carbocycles. The number of H-pyrrole nitrogens is 2. The molecule has 5 rings (SSSR count). The largest absolute Gasteiger partial charge is 0.341 e. The summed E-state index contributed by atoms with van der Waals surface area (Å²) in [5.41, 5.74) is 4.52. The van der Waals surface area contributed by atoms with E-state index in [0.717, 1.165) is 41.6 Å². The van der Waals surface area contributed by atoms with Gasteiger partial charge < -0.3 is 20.6 Å². The number of imidazole rings is 2. The third-order valence-electron chi connectivity index (χ3n) is 6.25. The number of nitrogens with zero attached hydrogens (tertiary/aromatic N) is 2. The quantitative estimate of drug-likeness (QED) is 0.154. The van der Waals surface area contributed by atoms with E-state index in [4.69, 9.17) is 0 Å². The minimum absolute atomic E-state index is 0. The van der Waals surface area contributed by atoms with Crippen molar-refractivity contribution in [1.82, 2.24) is 30.6 Å². The molecule has 0 aliphatic heterocycles. The van der Waals surface area contributed by atoms with Gasteiger partial charge in [-0.05, 0) is 54.6 Å². The lowest BCUT2D eigenvalue weighted by atomic mass is 10.1. The van der Waals surface area contributed by atoms with Crippen LogP contribution >= 0.6 is 0 Å². The highest BCUT2D eigenvalue weighted by atomic mass is 19.1. The fourth-order valence-electron chi connectivity index (χ4n) is 4.07. The van der Waals surface area contributed by atoms with Crippen LogP contribution in [0.15, 0.2) is 55.8 Å². The molecule has 0 saturated heterocycles. The van der Waals surface area contributed by atoms with Gasteiger partial charge in [0.1, 0.15) is 17.2 Å². The topological polar surface area (TPSA) is 81.4 Å². The lowest BCUT2D eigenvalue weighted by molar-refractivity contribution is 0.545. The summed E-state index contributed by atoms with van der Waals surface area (Å²) in [4.78, 5) is 15.4. The number of hydrogen-bond donors (Lipinski definition) is 4. The molecule has 2 atom stereocenters. The Morgan fingerprint density at radius 2 is 1.73 bits per heavy atom. The molecular weight excluding hydrogens is 499 g/mol. The van der Waals surface area contributed by atoms with E-state index >= 15 is 0 Å². The van der Waals surface area contributed by atoms with E-state index in [-0.39, 0.29) is 13.2 Å². The molecule has 7 heteroatoms. The van der Waals surface area contributed by atoms with Gasteiger partial charge in [0.15, 0.2) is 5.82 Å². The average molecular weight is 541 g/mol. The molecular formula is C33H41FN6. The maximum Gasteiger partial charge on any atom is 0.152 e. The highest BCUT2D eigenvalue weighted by Crippen LogP contribution is 2.29. The minimum atomic E-state index is -0.359. The van der Waals surface area contributed by atoms with Crippen LogP contribution in [-0.2, 0) is 13.1 Å². The SMILES string of the molecule is C.C#C.C=C.CC(C)CNCc1ncc(-c2ccc(C#Cc3cc(F)c4nc(CNC5CC5C)[nH]c4c3)cc2)[nH]1. The first-order valence-electron chi connectivity index (χ1n) is 13.1. The first-order valence-corrected chi connectivity index (χ1v) is 13.1. The van der Waals surface area contributed by atoms with Crippen molar-refractivity contribution < 1.29 is 4.39 Å². The molecule has 4 N–H and O–H groups in total. The molecule has 1 fully saturated rings. The van der Waals surface area contributed by atoms with Crippen LogP contribution in [0, 0.1) is 42.3 Å². The number of hydrogen-bond acceptors (Lipinski definition) is 4. The molecule has 4 aromatic rings. The Bertz CT molecular complexity index is 1430. The molecule has 6 nitrogen and oxygen atoms in total. The molecule has 2 aromatic carbocycles. The average Bonchev–Trinajstić information content (AvgIpc) is 3.29. The third kappa shape index (κ3) is 8.68. The van der Waals surface area contributed by atoms with Gasteiger partial charge in [-0.15, -0.1) is 26.0 Å². The van der Waals surface area contributed by atoms with Gasteiger partial charge in [0, 0.05) is 17.2 Å². The van der Waals surface area contributed by atoms with Crippen LogP contribution in [0.1, 0.15) is 57.4 Å². The zero-order valence-electron chi connectivity index (χ0n) is 22.9. The molecule has 2 aromatic heterocycles. The smallest absolute Gasteiger partial charge is 0.152 e. The van der Waals surface area contributed by atoms with E-state index in [1.807, 2.05) is 36.5 Å². The normalized spacial score (nSPS) is 15.1. The lowest BCUT2D eigenvalue weighted by Gasteiger charge is -2.05. The fraction of sp³-hybridized carbons (Fsp3) is 0.333. The van der Waals surface area contributed by atoms with Crippen molar-refractivity contribution in [3.05, 3.63) is 84.3 Å². The molecule has 40 heavy (non-hydrogen) atoms. The Kier molecular flexibility index (Phi) is 12.4. The number of halogens is 1. The third-order valence-corrected chi connectivity index (χ3v) is 6.25. The molecule has 2 heterocycles. The van der Waals surface area contributed by atoms with Crippen LogP contribution in [0.3, 0.4) is 0 Å². The van der Waals surface area contributed by atoms with Gasteiger partial charge >= 0.3 is 0 Å². The number of rotatable bonds is 8. The zero-order chi connectivity index (χ0) is 28.4. The van der Waals surface area contributed by atoms with Crippen LogP contribution < -0.4 is 10.6 Å². The highest BCUT2D eigenvalue weighted by Gasteiger charge is 2.31. The summed E-state index contributed by atoms with van der Waals surface area (Å²) >= 11 is 0. The van der Waals surface area contributed by atoms with Gasteiger partial charge in [0.05, 0.1) is 30.5 Å². The predicted octanol–water partition coefficient (Wildman–Crippen LogP) is 6.42. The summed E-state index contributed by atoms with van der Waals surface area (Å²) in [6.45, 7) is 14.9. The van der Waals surface area contributed by atoms with Crippen molar-refractivity contribution in [3.8, 4) is 35.9 Å². The molecule has 2 unspecified atom stereocenters. The summed E-state index contributed by atoms with van der Waals surface area (Å²) in [6, 6.07) is 11.8. The van der Waals surface area contributed by atoms with Crippen molar-refractivity contribution in [2.45, 2.75) is 53.8 Å². The first-order chi connectivity index (χ1) is 18.9. The summed E-state index contributed by atoms with van der Waals surface area (Å²) in [5.74, 6) is 8.84. The Balaban J connectivity index is 0.00000107. The predicted molar refractivity (Wildman–Crippen MR) is 165 cm³/mol. The van der Waals surface area contributed by atoms with Gasteiger partial charge in [0.2, 0.25) is 0 Å². The van der Waals surface area contributed by atoms with Gasteiger partial charge in [-0.25, -0.2) is 14.4 Å². The second kappa shape index (κ2) is 15.4. The van der Waals surface area contributed by atoms with Crippen molar-refractivity contribution in [1.29, 1.82) is 0 Å². The lowest BCUT2D eigenvalue weighted by Crippen LogP contribution is -2.19. The summed E-state index contributed by atoms with van der Waals surface area (Å²) in [5, 5.41) is 6.83. The van der Waals surface area contributed by atoms with E-state index < -0.39 is 0 Å². The minimum Gasteiger partial charge on any atom is -0.341 e. The van der Waals surface area contributed by atoms with Crippen molar-refractivity contribution in [2.75, 3.05) is 6.54 Å². The van der Waals surface area contributed by atoms with E-state index in [9.17, 15) is 4.39 Å². The molecule has 210 valence electrons. The van der Waals surface area contributed by atoms with Crippen LogP contribution in [0.4, 0.5) is 4.39 Å².